The first-order chi connectivity index (χ1) is 10.6. The Morgan fingerprint density at radius 2 is 2.14 bits per heavy atom. The molecule has 6 nitrogen and oxygen atoms in total. The van der Waals surface area contributed by atoms with Crippen molar-refractivity contribution in [3.05, 3.63) is 53.5 Å². The molecular formula is C16H16N4O2. The summed E-state index contributed by atoms with van der Waals surface area (Å²) in [4.78, 5) is 16.8. The molecule has 0 aliphatic rings. The number of nitrogens with zero attached hydrogens (tertiary/aromatic N) is 3. The second-order valence-corrected chi connectivity index (χ2v) is 4.99. The molecule has 22 heavy (non-hydrogen) atoms. The van der Waals surface area contributed by atoms with Gasteiger partial charge in [0, 0.05) is 18.1 Å². The Morgan fingerprint density at radius 1 is 1.32 bits per heavy atom. The minimum Gasteiger partial charge on any atom is -0.496 e. The first-order valence-electron chi connectivity index (χ1n) is 6.86. The monoisotopic (exact) mass is 296 g/mol. The molecule has 6 heteroatoms. The molecule has 0 aliphatic heterocycles. The van der Waals surface area contributed by atoms with Gasteiger partial charge in [0.05, 0.1) is 12.8 Å². The van der Waals surface area contributed by atoms with E-state index >= 15 is 0 Å². The number of aromatic nitrogens is 3. The van der Waals surface area contributed by atoms with Gasteiger partial charge in [-0.05, 0) is 43.7 Å². The molecule has 0 atom stereocenters. The highest BCUT2D eigenvalue weighted by molar-refractivity contribution is 6.09. The molecule has 0 bridgehead atoms. The van der Waals surface area contributed by atoms with Gasteiger partial charge in [-0.25, -0.2) is 9.50 Å². The average Bonchev–Trinajstić information content (AvgIpc) is 2.83. The molecule has 2 heterocycles. The first-order valence-corrected chi connectivity index (χ1v) is 6.86. The van der Waals surface area contributed by atoms with Crippen LogP contribution in [0.2, 0.25) is 0 Å². The molecule has 1 amide bonds. The summed E-state index contributed by atoms with van der Waals surface area (Å²) in [5.74, 6) is 0.558. The Morgan fingerprint density at radius 3 is 2.86 bits per heavy atom. The molecule has 1 N–H and O–H groups in total. The lowest BCUT2D eigenvalue weighted by Gasteiger charge is -2.08. The topological polar surface area (TPSA) is 68.5 Å². The van der Waals surface area contributed by atoms with E-state index in [-0.39, 0.29) is 5.91 Å². The number of methoxy groups -OCH3 is 1. The highest BCUT2D eigenvalue weighted by atomic mass is 16.5. The van der Waals surface area contributed by atoms with Gasteiger partial charge in [-0.15, -0.1) is 0 Å². The van der Waals surface area contributed by atoms with Crippen LogP contribution in [0.4, 0.5) is 5.69 Å². The summed E-state index contributed by atoms with van der Waals surface area (Å²) in [7, 11) is 1.62. The van der Waals surface area contributed by atoms with Gasteiger partial charge in [-0.1, -0.05) is 0 Å². The smallest absolute Gasteiger partial charge is 0.261 e. The third kappa shape index (κ3) is 2.39. The molecule has 0 saturated heterocycles. The molecular weight excluding hydrogens is 280 g/mol. The summed E-state index contributed by atoms with van der Waals surface area (Å²) in [5.41, 5.74) is 3.33. The predicted molar refractivity (Wildman–Crippen MR) is 83.4 cm³/mol. The normalized spacial score (nSPS) is 10.7. The number of ether oxygens (including phenoxy) is 1. The van der Waals surface area contributed by atoms with Crippen LogP contribution in [0.1, 0.15) is 21.6 Å². The molecule has 2 aromatic heterocycles. The maximum atomic E-state index is 12.5. The van der Waals surface area contributed by atoms with Gasteiger partial charge < -0.3 is 10.1 Å². The van der Waals surface area contributed by atoms with Crippen LogP contribution in [-0.4, -0.2) is 27.6 Å². The number of anilines is 1. The minimum absolute atomic E-state index is 0.226. The Kier molecular flexibility index (Phi) is 3.50. The minimum atomic E-state index is -0.226. The lowest BCUT2D eigenvalue weighted by Crippen LogP contribution is -2.13. The van der Waals surface area contributed by atoms with Crippen LogP contribution < -0.4 is 10.1 Å². The van der Waals surface area contributed by atoms with E-state index in [4.69, 9.17) is 4.74 Å². The number of amides is 1. The largest absolute Gasteiger partial charge is 0.496 e. The van der Waals surface area contributed by atoms with Crippen molar-refractivity contribution in [1.29, 1.82) is 0 Å². The van der Waals surface area contributed by atoms with Gasteiger partial charge in [0.25, 0.3) is 5.91 Å². The number of hydrogen-bond acceptors (Lipinski definition) is 4. The summed E-state index contributed by atoms with van der Waals surface area (Å²) in [6.45, 7) is 3.72. The van der Waals surface area contributed by atoms with Gasteiger partial charge in [0.2, 0.25) is 0 Å². The van der Waals surface area contributed by atoms with E-state index in [0.717, 1.165) is 11.3 Å². The standard InChI is InChI=1S/C16H16N4O2/c1-10-9-12(5-6-13(10)22-3)18-16(21)14-11(2)19-20-8-4-7-17-15(14)20/h4-9H,1-3H3,(H,18,21). The van der Waals surface area contributed by atoms with E-state index in [0.29, 0.717) is 22.6 Å². The fraction of sp³-hybridized carbons (Fsp3) is 0.188. The van der Waals surface area contributed by atoms with Crippen molar-refractivity contribution in [2.45, 2.75) is 13.8 Å². The molecule has 1 aromatic carbocycles. The summed E-state index contributed by atoms with van der Waals surface area (Å²) in [6.07, 6.45) is 3.41. The van der Waals surface area contributed by atoms with E-state index in [2.05, 4.69) is 15.4 Å². The zero-order valence-electron chi connectivity index (χ0n) is 12.6. The molecule has 0 spiro atoms. The van der Waals surface area contributed by atoms with Crippen molar-refractivity contribution >= 4 is 17.2 Å². The lowest BCUT2D eigenvalue weighted by molar-refractivity contribution is 0.102. The molecule has 0 fully saturated rings. The third-order valence-electron chi connectivity index (χ3n) is 3.45. The van der Waals surface area contributed by atoms with E-state index < -0.39 is 0 Å². The van der Waals surface area contributed by atoms with Crippen LogP contribution >= 0.6 is 0 Å². The van der Waals surface area contributed by atoms with Crippen molar-refractivity contribution in [2.24, 2.45) is 0 Å². The van der Waals surface area contributed by atoms with Gasteiger partial charge in [0.1, 0.15) is 11.3 Å². The number of rotatable bonds is 3. The van der Waals surface area contributed by atoms with E-state index in [1.807, 2.05) is 19.1 Å². The zero-order valence-corrected chi connectivity index (χ0v) is 12.6. The Labute approximate surface area is 127 Å². The van der Waals surface area contributed by atoms with Gasteiger partial charge in [0.15, 0.2) is 5.65 Å². The summed E-state index contributed by atoms with van der Waals surface area (Å²) in [6, 6.07) is 7.27. The number of hydrogen-bond donors (Lipinski definition) is 1. The Bertz CT molecular complexity index is 854. The zero-order chi connectivity index (χ0) is 15.7. The summed E-state index contributed by atoms with van der Waals surface area (Å²) in [5, 5.41) is 7.18. The van der Waals surface area contributed by atoms with Gasteiger partial charge >= 0.3 is 0 Å². The quantitative estimate of drug-likeness (QED) is 0.806. The molecule has 0 saturated carbocycles. The lowest BCUT2D eigenvalue weighted by atomic mass is 10.2. The number of fused-ring (bicyclic) bond motifs is 1. The molecule has 0 unspecified atom stereocenters. The number of aryl methyl sites for hydroxylation is 2. The van der Waals surface area contributed by atoms with E-state index in [9.17, 15) is 4.79 Å². The van der Waals surface area contributed by atoms with Crippen LogP contribution in [0.3, 0.4) is 0 Å². The number of carbonyl (C=O) groups is 1. The maximum Gasteiger partial charge on any atom is 0.261 e. The number of carbonyl (C=O) groups excluding carboxylic acids is 1. The highest BCUT2D eigenvalue weighted by Gasteiger charge is 2.18. The Hall–Kier alpha value is -2.89. The van der Waals surface area contributed by atoms with Gasteiger partial charge in [-0.3, -0.25) is 4.79 Å². The molecule has 0 radical (unpaired) electrons. The van der Waals surface area contributed by atoms with Crippen LogP contribution in [-0.2, 0) is 0 Å². The van der Waals surface area contributed by atoms with E-state index in [1.54, 1.807) is 43.1 Å². The fourth-order valence-electron chi connectivity index (χ4n) is 2.41. The average molecular weight is 296 g/mol. The van der Waals surface area contributed by atoms with Crippen molar-refractivity contribution in [3.8, 4) is 5.75 Å². The first kappa shape index (κ1) is 14.1. The Balaban J connectivity index is 1.93. The van der Waals surface area contributed by atoms with Crippen molar-refractivity contribution in [2.75, 3.05) is 12.4 Å². The SMILES string of the molecule is COc1ccc(NC(=O)c2c(C)nn3cccnc23)cc1C. The number of benzene rings is 1. The second-order valence-electron chi connectivity index (χ2n) is 4.99. The maximum absolute atomic E-state index is 12.5. The van der Waals surface area contributed by atoms with Crippen molar-refractivity contribution in [1.82, 2.24) is 14.6 Å². The van der Waals surface area contributed by atoms with Crippen LogP contribution in [0.15, 0.2) is 36.7 Å². The summed E-state index contributed by atoms with van der Waals surface area (Å²) < 4.78 is 6.82. The third-order valence-corrected chi connectivity index (χ3v) is 3.45. The number of nitrogens with one attached hydrogen (secondary N) is 1. The van der Waals surface area contributed by atoms with Crippen molar-refractivity contribution < 1.29 is 9.53 Å². The van der Waals surface area contributed by atoms with Gasteiger partial charge in [-0.2, -0.15) is 5.10 Å². The van der Waals surface area contributed by atoms with Crippen molar-refractivity contribution in [3.63, 3.8) is 0 Å². The van der Waals surface area contributed by atoms with Crippen LogP contribution in [0, 0.1) is 13.8 Å². The molecule has 3 aromatic rings. The molecule has 3 rings (SSSR count). The van der Waals surface area contributed by atoms with E-state index in [1.165, 1.54) is 0 Å². The highest BCUT2D eigenvalue weighted by Crippen LogP contribution is 2.22. The second kappa shape index (κ2) is 5.48. The molecule has 112 valence electrons. The fourth-order valence-corrected chi connectivity index (χ4v) is 2.41. The molecule has 0 aliphatic carbocycles. The predicted octanol–water partition coefficient (Wildman–Crippen LogP) is 2.61. The van der Waals surface area contributed by atoms with Crippen LogP contribution in [0.5, 0.6) is 5.75 Å². The summed E-state index contributed by atoms with van der Waals surface area (Å²) >= 11 is 0. The van der Waals surface area contributed by atoms with Crippen LogP contribution in [0.25, 0.3) is 5.65 Å².